The SMILES string of the molecule is Cc1n[nH]c(C)c1S(=O)(=O)NCCNC(=O)c1ccccc1O. The Balaban J connectivity index is 1.91. The van der Waals surface area contributed by atoms with Crippen LogP contribution in [0.1, 0.15) is 21.7 Å². The fraction of sp³-hybridized carbons (Fsp3) is 0.286. The number of rotatable bonds is 6. The maximum atomic E-state index is 12.2. The predicted molar refractivity (Wildman–Crippen MR) is 83.7 cm³/mol. The Labute approximate surface area is 134 Å². The molecule has 2 aromatic rings. The van der Waals surface area contributed by atoms with E-state index < -0.39 is 15.9 Å². The monoisotopic (exact) mass is 338 g/mol. The summed E-state index contributed by atoms with van der Waals surface area (Å²) >= 11 is 0. The van der Waals surface area contributed by atoms with Crippen LogP contribution in [-0.2, 0) is 10.0 Å². The van der Waals surface area contributed by atoms with Gasteiger partial charge in [0, 0.05) is 13.1 Å². The van der Waals surface area contributed by atoms with Gasteiger partial charge in [-0.2, -0.15) is 5.10 Å². The number of aromatic hydroxyl groups is 1. The first kappa shape index (κ1) is 17.0. The van der Waals surface area contributed by atoms with Gasteiger partial charge in [0.25, 0.3) is 5.91 Å². The number of benzene rings is 1. The maximum absolute atomic E-state index is 12.2. The summed E-state index contributed by atoms with van der Waals surface area (Å²) in [7, 11) is -3.69. The number of nitrogens with one attached hydrogen (secondary N) is 3. The van der Waals surface area contributed by atoms with E-state index in [1.807, 2.05) is 0 Å². The number of carbonyl (C=O) groups excluding carboxylic acids is 1. The molecule has 0 fully saturated rings. The Bertz CT molecular complexity index is 794. The van der Waals surface area contributed by atoms with Crippen molar-refractivity contribution in [3.05, 3.63) is 41.2 Å². The Morgan fingerprint density at radius 2 is 1.96 bits per heavy atom. The molecule has 0 aliphatic carbocycles. The lowest BCUT2D eigenvalue weighted by Crippen LogP contribution is -2.35. The second-order valence-corrected chi connectivity index (χ2v) is 6.64. The smallest absolute Gasteiger partial charge is 0.255 e. The Hall–Kier alpha value is -2.39. The van der Waals surface area contributed by atoms with Gasteiger partial charge in [-0.15, -0.1) is 0 Å². The summed E-state index contributed by atoms with van der Waals surface area (Å²) < 4.78 is 26.8. The van der Waals surface area contributed by atoms with Crippen LogP contribution in [0.5, 0.6) is 5.75 Å². The van der Waals surface area contributed by atoms with Crippen LogP contribution in [0.3, 0.4) is 0 Å². The van der Waals surface area contributed by atoms with Gasteiger partial charge in [-0.05, 0) is 26.0 Å². The molecule has 8 nitrogen and oxygen atoms in total. The Morgan fingerprint density at radius 1 is 1.26 bits per heavy atom. The van der Waals surface area contributed by atoms with Crippen LogP contribution in [0.25, 0.3) is 0 Å². The van der Waals surface area contributed by atoms with Gasteiger partial charge in [0.05, 0.1) is 17.0 Å². The number of para-hydroxylation sites is 1. The fourth-order valence-electron chi connectivity index (χ4n) is 2.13. The molecule has 0 aliphatic heterocycles. The number of aryl methyl sites for hydroxylation is 2. The van der Waals surface area contributed by atoms with Crippen molar-refractivity contribution in [1.82, 2.24) is 20.2 Å². The minimum atomic E-state index is -3.69. The van der Waals surface area contributed by atoms with Crippen LogP contribution < -0.4 is 10.0 Å². The summed E-state index contributed by atoms with van der Waals surface area (Å²) in [6.45, 7) is 3.32. The molecule has 0 aliphatic rings. The lowest BCUT2D eigenvalue weighted by Gasteiger charge is -2.09. The van der Waals surface area contributed by atoms with Gasteiger partial charge in [-0.3, -0.25) is 9.89 Å². The standard InChI is InChI=1S/C14H18N4O4S/c1-9-13(10(2)18-17-9)23(21,22)16-8-7-15-14(20)11-5-3-4-6-12(11)19/h3-6,16,19H,7-8H2,1-2H3,(H,15,20)(H,17,18). The third kappa shape index (κ3) is 3.88. The number of H-pyrrole nitrogens is 1. The van der Waals surface area contributed by atoms with E-state index in [1.54, 1.807) is 26.0 Å². The largest absolute Gasteiger partial charge is 0.507 e. The fourth-order valence-corrected chi connectivity index (χ4v) is 3.53. The number of aromatic amines is 1. The zero-order chi connectivity index (χ0) is 17.0. The first-order valence-corrected chi connectivity index (χ1v) is 8.38. The molecule has 0 saturated carbocycles. The summed E-state index contributed by atoms with van der Waals surface area (Å²) in [5.74, 6) is -0.604. The molecule has 0 atom stereocenters. The van der Waals surface area contributed by atoms with Crippen molar-refractivity contribution in [2.75, 3.05) is 13.1 Å². The summed E-state index contributed by atoms with van der Waals surface area (Å²) in [4.78, 5) is 12.0. The van der Waals surface area contributed by atoms with Crippen LogP contribution >= 0.6 is 0 Å². The molecule has 124 valence electrons. The molecule has 1 aromatic heterocycles. The number of aromatic nitrogens is 2. The van der Waals surface area contributed by atoms with E-state index in [9.17, 15) is 18.3 Å². The molecule has 1 heterocycles. The molecule has 1 amide bonds. The third-order valence-corrected chi connectivity index (χ3v) is 4.90. The van der Waals surface area contributed by atoms with Crippen molar-refractivity contribution in [2.24, 2.45) is 0 Å². The molecule has 0 bridgehead atoms. The van der Waals surface area contributed by atoms with Crippen LogP contribution in [-0.4, -0.2) is 42.7 Å². The second-order valence-electron chi connectivity index (χ2n) is 4.93. The van der Waals surface area contributed by atoms with Crippen LogP contribution in [0.15, 0.2) is 29.2 Å². The van der Waals surface area contributed by atoms with Crippen molar-refractivity contribution < 1.29 is 18.3 Å². The topological polar surface area (TPSA) is 124 Å². The Kier molecular flexibility index (Phi) is 5.02. The molecule has 0 spiro atoms. The first-order valence-electron chi connectivity index (χ1n) is 6.90. The van der Waals surface area contributed by atoms with Crippen molar-refractivity contribution in [3.8, 4) is 5.75 Å². The molecule has 9 heteroatoms. The molecular weight excluding hydrogens is 320 g/mol. The average molecular weight is 338 g/mol. The minimum Gasteiger partial charge on any atom is -0.507 e. The highest BCUT2D eigenvalue weighted by atomic mass is 32.2. The van der Waals surface area contributed by atoms with Crippen molar-refractivity contribution >= 4 is 15.9 Å². The summed E-state index contributed by atoms with van der Waals surface area (Å²) in [6.07, 6.45) is 0. The highest BCUT2D eigenvalue weighted by Gasteiger charge is 2.21. The van der Waals surface area contributed by atoms with Gasteiger partial charge < -0.3 is 10.4 Å². The van der Waals surface area contributed by atoms with Gasteiger partial charge in [0.2, 0.25) is 10.0 Å². The van der Waals surface area contributed by atoms with Gasteiger partial charge in [0.1, 0.15) is 10.6 Å². The third-order valence-electron chi connectivity index (χ3n) is 3.18. The van der Waals surface area contributed by atoms with E-state index >= 15 is 0 Å². The van der Waals surface area contributed by atoms with Gasteiger partial charge in [-0.1, -0.05) is 12.1 Å². The molecule has 0 unspecified atom stereocenters. The van der Waals surface area contributed by atoms with E-state index in [-0.39, 0.29) is 29.3 Å². The van der Waals surface area contributed by atoms with Crippen molar-refractivity contribution in [1.29, 1.82) is 0 Å². The number of amides is 1. The normalized spacial score (nSPS) is 11.4. The molecule has 0 saturated heterocycles. The van der Waals surface area contributed by atoms with Crippen molar-refractivity contribution in [2.45, 2.75) is 18.7 Å². The van der Waals surface area contributed by atoms with Gasteiger partial charge >= 0.3 is 0 Å². The van der Waals surface area contributed by atoms with E-state index in [1.165, 1.54) is 12.1 Å². The van der Waals surface area contributed by atoms with E-state index in [4.69, 9.17) is 0 Å². The minimum absolute atomic E-state index is 0.0196. The van der Waals surface area contributed by atoms with Crippen LogP contribution in [0.2, 0.25) is 0 Å². The zero-order valence-electron chi connectivity index (χ0n) is 12.8. The molecule has 23 heavy (non-hydrogen) atoms. The number of hydrogen-bond acceptors (Lipinski definition) is 5. The van der Waals surface area contributed by atoms with E-state index in [0.717, 1.165) is 0 Å². The number of carbonyl (C=O) groups is 1. The number of phenolic OH excluding ortho intramolecular Hbond substituents is 1. The number of nitrogens with zero attached hydrogens (tertiary/aromatic N) is 1. The van der Waals surface area contributed by atoms with Crippen LogP contribution in [0, 0.1) is 13.8 Å². The van der Waals surface area contributed by atoms with E-state index in [0.29, 0.717) is 11.4 Å². The molecule has 4 N–H and O–H groups in total. The quantitative estimate of drug-likeness (QED) is 0.569. The summed E-state index contributed by atoms with van der Waals surface area (Å²) in [5, 5.41) is 18.6. The number of phenols is 1. The Morgan fingerprint density at radius 3 is 2.57 bits per heavy atom. The lowest BCUT2D eigenvalue weighted by molar-refractivity contribution is 0.0951. The van der Waals surface area contributed by atoms with Crippen LogP contribution in [0.4, 0.5) is 0 Å². The van der Waals surface area contributed by atoms with Crippen molar-refractivity contribution in [3.63, 3.8) is 0 Å². The second kappa shape index (κ2) is 6.80. The highest BCUT2D eigenvalue weighted by molar-refractivity contribution is 7.89. The number of hydrogen-bond donors (Lipinski definition) is 4. The highest BCUT2D eigenvalue weighted by Crippen LogP contribution is 2.16. The summed E-state index contributed by atoms with van der Waals surface area (Å²) in [5.41, 5.74) is 0.971. The maximum Gasteiger partial charge on any atom is 0.255 e. The molecular formula is C14H18N4O4S. The molecule has 1 aromatic carbocycles. The lowest BCUT2D eigenvalue weighted by atomic mass is 10.2. The molecule has 0 radical (unpaired) electrons. The van der Waals surface area contributed by atoms with Gasteiger partial charge in [0.15, 0.2) is 0 Å². The van der Waals surface area contributed by atoms with Gasteiger partial charge in [-0.25, -0.2) is 13.1 Å². The predicted octanol–water partition coefficient (Wildman–Crippen LogP) is 0.440. The first-order chi connectivity index (χ1) is 10.8. The number of sulfonamides is 1. The summed E-state index contributed by atoms with van der Waals surface area (Å²) in [6, 6.07) is 6.12. The zero-order valence-corrected chi connectivity index (χ0v) is 13.6. The molecule has 2 rings (SSSR count). The van der Waals surface area contributed by atoms with E-state index in [2.05, 4.69) is 20.2 Å². The average Bonchev–Trinajstić information content (AvgIpc) is 2.83.